The molecule has 180 valence electrons. The van der Waals surface area contributed by atoms with Crippen molar-refractivity contribution >= 4 is 11.6 Å². The van der Waals surface area contributed by atoms with Gasteiger partial charge in [0.1, 0.15) is 24.6 Å². The Morgan fingerprint density at radius 2 is 1.85 bits per heavy atom. The van der Waals surface area contributed by atoms with E-state index in [-0.39, 0.29) is 6.42 Å². The molecule has 33 heavy (non-hydrogen) atoms. The quantitative estimate of drug-likeness (QED) is 0.452. The molecule has 2 fully saturated rings. The number of benzene rings is 2. The summed E-state index contributed by atoms with van der Waals surface area (Å²) in [6, 6.07) is 13.2. The second kappa shape index (κ2) is 10.7. The third-order valence-corrected chi connectivity index (χ3v) is 6.51. The van der Waals surface area contributed by atoms with Gasteiger partial charge < -0.3 is 34.3 Å². The topological polar surface area (TPSA) is 97.6 Å². The van der Waals surface area contributed by atoms with Gasteiger partial charge in [-0.05, 0) is 54.7 Å². The first-order chi connectivity index (χ1) is 15.9. The maximum atomic E-state index is 10.3. The van der Waals surface area contributed by atoms with Gasteiger partial charge in [0.25, 0.3) is 0 Å². The molecule has 7 nitrogen and oxygen atoms in total. The molecule has 1 saturated carbocycles. The molecule has 0 unspecified atom stereocenters. The van der Waals surface area contributed by atoms with Crippen molar-refractivity contribution in [3.63, 3.8) is 0 Å². The minimum atomic E-state index is -1.30. The number of halogens is 1. The van der Waals surface area contributed by atoms with E-state index in [1.165, 1.54) is 7.11 Å². The molecule has 3 N–H and O–H groups in total. The van der Waals surface area contributed by atoms with Gasteiger partial charge in [0.2, 0.25) is 0 Å². The number of hydrogen-bond acceptors (Lipinski definition) is 7. The summed E-state index contributed by atoms with van der Waals surface area (Å²) in [6.45, 7) is 0.685. The third-order valence-electron chi connectivity index (χ3n) is 6.14. The number of rotatable bonds is 10. The summed E-state index contributed by atoms with van der Waals surface area (Å²) in [5.74, 6) is -0.513. The molecule has 0 amide bonds. The SMILES string of the molecule is CO[C@]1(c2ccc(Cl)c(Cc3ccc(OCCOC4CC4)cc3)c2)C[C@@H](O)[C@H](O)[C@@H](CO)O1. The molecule has 2 aliphatic rings. The van der Waals surface area contributed by atoms with Gasteiger partial charge in [0.15, 0.2) is 5.79 Å². The predicted octanol–water partition coefficient (Wildman–Crippen LogP) is 2.79. The van der Waals surface area contributed by atoms with E-state index in [2.05, 4.69) is 0 Å². The monoisotopic (exact) mass is 478 g/mol. The molecule has 4 rings (SSSR count). The van der Waals surface area contributed by atoms with Crippen LogP contribution in [-0.2, 0) is 26.4 Å². The molecule has 0 aromatic heterocycles. The second-order valence-corrected chi connectivity index (χ2v) is 9.01. The highest BCUT2D eigenvalue weighted by atomic mass is 35.5. The molecule has 8 heteroatoms. The van der Waals surface area contributed by atoms with E-state index >= 15 is 0 Å². The van der Waals surface area contributed by atoms with Gasteiger partial charge in [0, 0.05) is 24.1 Å². The fraction of sp³-hybridized carbons (Fsp3) is 0.520. The molecule has 1 heterocycles. The maximum absolute atomic E-state index is 10.3. The Labute approximate surface area is 198 Å². The lowest BCUT2D eigenvalue weighted by Gasteiger charge is -2.44. The van der Waals surface area contributed by atoms with Gasteiger partial charge in [-0.2, -0.15) is 0 Å². The number of hydrogen-bond donors (Lipinski definition) is 3. The summed E-state index contributed by atoms with van der Waals surface area (Å²) in [7, 11) is 1.47. The highest BCUT2D eigenvalue weighted by molar-refractivity contribution is 6.31. The van der Waals surface area contributed by atoms with Crippen molar-refractivity contribution in [3.05, 3.63) is 64.2 Å². The number of aliphatic hydroxyl groups is 3. The molecule has 1 saturated heterocycles. The Morgan fingerprint density at radius 1 is 1.09 bits per heavy atom. The molecular formula is C25H31ClO7. The van der Waals surface area contributed by atoms with Crippen LogP contribution in [0, 0.1) is 0 Å². The first-order valence-electron chi connectivity index (χ1n) is 11.3. The summed E-state index contributed by atoms with van der Waals surface area (Å²) in [4.78, 5) is 0. The van der Waals surface area contributed by atoms with Crippen molar-refractivity contribution in [2.45, 2.75) is 55.9 Å². The van der Waals surface area contributed by atoms with Crippen LogP contribution in [0.5, 0.6) is 5.75 Å². The van der Waals surface area contributed by atoms with E-state index in [4.69, 9.17) is 30.5 Å². The van der Waals surface area contributed by atoms with E-state index in [0.29, 0.717) is 36.3 Å². The van der Waals surface area contributed by atoms with Crippen molar-refractivity contribution in [2.75, 3.05) is 26.9 Å². The lowest BCUT2D eigenvalue weighted by atomic mass is 9.89. The summed E-state index contributed by atoms with van der Waals surface area (Å²) in [5.41, 5.74) is 2.57. The number of ether oxygens (including phenoxy) is 4. The molecule has 1 aliphatic heterocycles. The molecule has 0 spiro atoms. The van der Waals surface area contributed by atoms with Crippen molar-refractivity contribution in [2.24, 2.45) is 0 Å². The van der Waals surface area contributed by atoms with Gasteiger partial charge in [-0.25, -0.2) is 0 Å². The molecule has 0 radical (unpaired) electrons. The number of aliphatic hydroxyl groups excluding tert-OH is 3. The van der Waals surface area contributed by atoms with Crippen LogP contribution in [0.25, 0.3) is 0 Å². The van der Waals surface area contributed by atoms with Crippen LogP contribution >= 0.6 is 11.6 Å². The van der Waals surface area contributed by atoms with E-state index in [1.54, 1.807) is 12.1 Å². The Morgan fingerprint density at radius 3 is 2.52 bits per heavy atom. The summed E-state index contributed by atoms with van der Waals surface area (Å²) < 4.78 is 22.9. The van der Waals surface area contributed by atoms with Gasteiger partial charge in [-0.3, -0.25) is 0 Å². The van der Waals surface area contributed by atoms with Crippen LogP contribution < -0.4 is 4.74 Å². The van der Waals surface area contributed by atoms with Crippen molar-refractivity contribution in [3.8, 4) is 5.75 Å². The van der Waals surface area contributed by atoms with Gasteiger partial charge in [0.05, 0.1) is 25.4 Å². The molecule has 4 atom stereocenters. The Kier molecular flexibility index (Phi) is 7.91. The van der Waals surface area contributed by atoms with E-state index in [9.17, 15) is 15.3 Å². The molecule has 2 aromatic rings. The smallest absolute Gasteiger partial charge is 0.197 e. The van der Waals surface area contributed by atoms with Crippen LogP contribution in [0.3, 0.4) is 0 Å². The highest BCUT2D eigenvalue weighted by Gasteiger charge is 2.47. The zero-order chi connectivity index (χ0) is 23.4. The lowest BCUT2D eigenvalue weighted by Crippen LogP contribution is -2.55. The van der Waals surface area contributed by atoms with Crippen LogP contribution in [0.15, 0.2) is 42.5 Å². The van der Waals surface area contributed by atoms with Crippen LogP contribution in [0.2, 0.25) is 5.02 Å². The lowest BCUT2D eigenvalue weighted by molar-refractivity contribution is -0.323. The fourth-order valence-electron chi connectivity index (χ4n) is 4.07. The van der Waals surface area contributed by atoms with Gasteiger partial charge in [-0.15, -0.1) is 0 Å². The first-order valence-corrected chi connectivity index (χ1v) is 11.6. The summed E-state index contributed by atoms with van der Waals surface area (Å²) in [6.07, 6.45) is 0.0838. The normalized spacial score (nSPS) is 27.5. The minimum Gasteiger partial charge on any atom is -0.491 e. The molecular weight excluding hydrogens is 448 g/mol. The van der Waals surface area contributed by atoms with E-state index in [1.807, 2.05) is 30.3 Å². The molecule has 1 aliphatic carbocycles. The molecule has 2 aromatic carbocycles. The maximum Gasteiger partial charge on any atom is 0.197 e. The highest BCUT2D eigenvalue weighted by Crippen LogP contribution is 2.40. The fourth-order valence-corrected chi connectivity index (χ4v) is 4.25. The Balaban J connectivity index is 1.45. The van der Waals surface area contributed by atoms with Gasteiger partial charge in [-0.1, -0.05) is 29.8 Å². The second-order valence-electron chi connectivity index (χ2n) is 8.60. The minimum absolute atomic E-state index is 0.0265. The zero-order valence-corrected chi connectivity index (χ0v) is 19.4. The van der Waals surface area contributed by atoms with Crippen molar-refractivity contribution in [1.29, 1.82) is 0 Å². The van der Waals surface area contributed by atoms with Crippen LogP contribution in [0.1, 0.15) is 36.0 Å². The Hall–Kier alpha value is -1.71. The van der Waals surface area contributed by atoms with E-state index < -0.39 is 30.7 Å². The number of methoxy groups -OCH3 is 1. The van der Waals surface area contributed by atoms with Crippen LogP contribution in [-0.4, -0.2) is 66.7 Å². The average Bonchev–Trinajstić information content (AvgIpc) is 3.65. The predicted molar refractivity (Wildman–Crippen MR) is 122 cm³/mol. The van der Waals surface area contributed by atoms with Crippen molar-refractivity contribution in [1.82, 2.24) is 0 Å². The van der Waals surface area contributed by atoms with E-state index in [0.717, 1.165) is 29.7 Å². The Bertz CT molecular complexity index is 917. The summed E-state index contributed by atoms with van der Waals surface area (Å²) in [5, 5.41) is 30.6. The van der Waals surface area contributed by atoms with Gasteiger partial charge >= 0.3 is 0 Å². The third kappa shape index (κ3) is 5.87. The van der Waals surface area contributed by atoms with Crippen LogP contribution in [0.4, 0.5) is 0 Å². The van der Waals surface area contributed by atoms with Crippen molar-refractivity contribution < 1.29 is 34.3 Å². The average molecular weight is 479 g/mol. The summed E-state index contributed by atoms with van der Waals surface area (Å²) >= 11 is 6.48. The standard InChI is InChI=1S/C25H31ClO7/c1-30-25(14-22(28)24(29)23(15-27)33-25)18-4-9-21(26)17(13-18)12-16-2-5-19(6-3-16)31-10-11-32-20-7-8-20/h2-6,9,13,20,22-24,27-29H,7-8,10-12,14-15H2,1H3/t22-,23-,24+,25-/m1/s1. The zero-order valence-electron chi connectivity index (χ0n) is 18.7. The first kappa shape index (κ1) is 24.4. The molecule has 0 bridgehead atoms. The largest absolute Gasteiger partial charge is 0.491 e.